The van der Waals surface area contributed by atoms with Gasteiger partial charge in [-0.05, 0) is 54.2 Å². The molecule has 0 amide bonds. The Balaban J connectivity index is 1.26. The van der Waals surface area contributed by atoms with Gasteiger partial charge in [0.15, 0.2) is 0 Å². The van der Waals surface area contributed by atoms with Crippen molar-refractivity contribution in [2.75, 3.05) is 0 Å². The molecule has 0 radical (unpaired) electrons. The van der Waals surface area contributed by atoms with Crippen LogP contribution in [0.2, 0.25) is 0 Å². The summed E-state index contributed by atoms with van der Waals surface area (Å²) in [4.78, 5) is 15.2. The number of hydrogen-bond acceptors (Lipinski definition) is 6. The smallest absolute Gasteiger partial charge is 0.0976 e. The monoisotopic (exact) mass is 639 g/mol. The first-order chi connectivity index (χ1) is 22.0. The van der Waals surface area contributed by atoms with Gasteiger partial charge in [-0.15, -0.1) is 34.0 Å². The fourth-order valence-electron chi connectivity index (χ4n) is 6.04. The lowest BCUT2D eigenvalue weighted by Crippen LogP contribution is -2.09. The van der Waals surface area contributed by atoms with Gasteiger partial charge in [0.05, 0.1) is 32.1 Å². The van der Waals surface area contributed by atoms with E-state index in [9.17, 15) is 0 Å². The van der Waals surface area contributed by atoms with E-state index in [4.69, 9.17) is 15.0 Å². The molecule has 6 heteroatoms. The second-order valence-corrected chi connectivity index (χ2v) is 14.1. The maximum Gasteiger partial charge on any atom is 0.0976 e. The lowest BCUT2D eigenvalue weighted by molar-refractivity contribution is 0.983. The summed E-state index contributed by atoms with van der Waals surface area (Å²) < 4.78 is 0. The molecule has 3 nitrogen and oxygen atoms in total. The van der Waals surface area contributed by atoms with E-state index in [2.05, 4.69) is 128 Å². The summed E-state index contributed by atoms with van der Waals surface area (Å²) in [7, 11) is 0. The Hall–Kier alpha value is -4.23. The molecule has 0 N–H and O–H groups in total. The minimum atomic E-state index is 0.815. The van der Waals surface area contributed by atoms with Crippen LogP contribution in [0.25, 0.3) is 33.8 Å². The quantitative estimate of drug-likeness (QED) is 0.158. The number of benzene rings is 4. The Morgan fingerprint density at radius 3 is 0.933 bits per heavy atom. The Bertz CT molecular complexity index is 1800. The molecule has 0 atom stereocenters. The zero-order valence-electron chi connectivity index (χ0n) is 25.6. The van der Waals surface area contributed by atoms with Crippen molar-refractivity contribution in [3.63, 3.8) is 0 Å². The Labute approximate surface area is 277 Å². The van der Waals surface area contributed by atoms with Gasteiger partial charge >= 0.3 is 0 Å². The van der Waals surface area contributed by atoms with E-state index in [1.807, 2.05) is 0 Å². The van der Waals surface area contributed by atoms with Crippen LogP contribution in [0.3, 0.4) is 0 Å². The second-order valence-electron chi connectivity index (χ2n) is 11.3. The minimum absolute atomic E-state index is 0.815. The number of rotatable bonds is 9. The highest BCUT2D eigenvalue weighted by molar-refractivity contribution is 7.10. The zero-order valence-corrected chi connectivity index (χ0v) is 28.0. The van der Waals surface area contributed by atoms with Gasteiger partial charge in [0.1, 0.15) is 0 Å². The average molecular weight is 640 g/mol. The first kappa shape index (κ1) is 29.5. The van der Waals surface area contributed by atoms with Crippen LogP contribution in [0.4, 0.5) is 0 Å². The molecule has 3 heterocycles. The normalized spacial score (nSPS) is 11.3. The molecule has 0 aliphatic heterocycles. The number of thiazole rings is 3. The fraction of sp³-hybridized carbons (Fsp3) is 0.154. The molecule has 0 aliphatic rings. The molecule has 0 fully saturated rings. The number of nitrogens with zero attached hydrogens (tertiary/aromatic N) is 3. The van der Waals surface area contributed by atoms with E-state index in [1.54, 1.807) is 34.0 Å². The van der Waals surface area contributed by atoms with E-state index < -0.39 is 0 Å². The number of hydrogen-bond donors (Lipinski definition) is 0. The molecule has 45 heavy (non-hydrogen) atoms. The van der Waals surface area contributed by atoms with Crippen LogP contribution in [0.15, 0.2) is 107 Å². The molecule has 0 saturated carbocycles. The average Bonchev–Trinajstić information content (AvgIpc) is 3.87. The molecule has 0 unspecified atom stereocenters. The van der Waals surface area contributed by atoms with Crippen LogP contribution in [0, 0.1) is 20.8 Å². The molecule has 7 rings (SSSR count). The molecule has 3 aromatic heterocycles. The molecular weight excluding hydrogens is 607 g/mol. The van der Waals surface area contributed by atoms with E-state index in [-0.39, 0.29) is 0 Å². The van der Waals surface area contributed by atoms with E-state index in [0.717, 1.165) is 68.1 Å². The molecular formula is C39H33N3S3. The Morgan fingerprint density at radius 1 is 0.400 bits per heavy atom. The standard InChI is InChI=1S/C39H33N3S3/c1-25-31(19-37-40-34(22-43-37)28-13-7-4-8-14-28)26(2)33(21-39-42-36(24-45-39)30-17-11-6-12-18-30)27(3)32(25)20-38-41-35(23-44-38)29-15-9-5-10-16-29/h4-18,22-24H,19-21H2,1-3H3. The van der Waals surface area contributed by atoms with Crippen molar-refractivity contribution < 1.29 is 0 Å². The van der Waals surface area contributed by atoms with Gasteiger partial charge in [0, 0.05) is 52.1 Å². The maximum atomic E-state index is 5.08. The van der Waals surface area contributed by atoms with Crippen LogP contribution in [-0.4, -0.2) is 15.0 Å². The van der Waals surface area contributed by atoms with Gasteiger partial charge in [0.2, 0.25) is 0 Å². The zero-order chi connectivity index (χ0) is 30.8. The highest BCUT2D eigenvalue weighted by Gasteiger charge is 2.21. The highest BCUT2D eigenvalue weighted by Crippen LogP contribution is 2.35. The van der Waals surface area contributed by atoms with Gasteiger partial charge in [-0.2, -0.15) is 0 Å². The van der Waals surface area contributed by atoms with Crippen LogP contribution < -0.4 is 0 Å². The Kier molecular flexibility index (Phi) is 8.53. The highest BCUT2D eigenvalue weighted by atomic mass is 32.1. The third-order valence-corrected chi connectivity index (χ3v) is 11.1. The van der Waals surface area contributed by atoms with E-state index >= 15 is 0 Å². The SMILES string of the molecule is Cc1c(Cc2nc(-c3ccccc3)cs2)c(C)c(Cc2nc(-c3ccccc3)cs2)c(C)c1Cc1nc(-c2ccccc2)cs1. The molecule has 0 aliphatic carbocycles. The first-order valence-corrected chi connectivity index (χ1v) is 17.8. The minimum Gasteiger partial charge on any atom is -0.241 e. The molecule has 0 spiro atoms. The van der Waals surface area contributed by atoms with Gasteiger partial charge in [0.25, 0.3) is 0 Å². The summed E-state index contributed by atoms with van der Waals surface area (Å²) in [6, 6.07) is 31.4. The predicted octanol–water partition coefficient (Wildman–Crippen LogP) is 10.8. The summed E-state index contributed by atoms with van der Waals surface area (Å²) in [6.45, 7) is 6.88. The maximum absolute atomic E-state index is 5.08. The van der Waals surface area contributed by atoms with Crippen LogP contribution >= 0.6 is 34.0 Å². The fourth-order valence-corrected chi connectivity index (χ4v) is 8.49. The van der Waals surface area contributed by atoms with Crippen molar-refractivity contribution in [2.45, 2.75) is 40.0 Å². The lowest BCUT2D eigenvalue weighted by Gasteiger charge is -2.21. The van der Waals surface area contributed by atoms with Crippen molar-refractivity contribution in [2.24, 2.45) is 0 Å². The summed E-state index contributed by atoms with van der Waals surface area (Å²) >= 11 is 5.25. The van der Waals surface area contributed by atoms with E-state index in [1.165, 1.54) is 33.4 Å². The number of aromatic nitrogens is 3. The first-order valence-electron chi connectivity index (χ1n) is 15.1. The molecule has 222 valence electrons. The molecule has 7 aromatic rings. The van der Waals surface area contributed by atoms with Crippen LogP contribution in [0.5, 0.6) is 0 Å². The van der Waals surface area contributed by atoms with Crippen LogP contribution in [0.1, 0.15) is 48.4 Å². The largest absolute Gasteiger partial charge is 0.241 e. The van der Waals surface area contributed by atoms with Crippen molar-refractivity contribution in [1.82, 2.24) is 15.0 Å². The predicted molar refractivity (Wildman–Crippen MR) is 192 cm³/mol. The van der Waals surface area contributed by atoms with Gasteiger partial charge in [-0.1, -0.05) is 91.0 Å². The van der Waals surface area contributed by atoms with Crippen molar-refractivity contribution >= 4 is 34.0 Å². The van der Waals surface area contributed by atoms with Gasteiger partial charge < -0.3 is 0 Å². The summed E-state index contributed by atoms with van der Waals surface area (Å²) in [5.74, 6) is 0. The molecule has 0 saturated heterocycles. The topological polar surface area (TPSA) is 38.7 Å². The summed E-state index contributed by atoms with van der Waals surface area (Å²) in [5, 5.41) is 9.98. The summed E-state index contributed by atoms with van der Waals surface area (Å²) in [5.41, 5.74) is 14.8. The lowest BCUT2D eigenvalue weighted by atomic mass is 9.85. The summed E-state index contributed by atoms with van der Waals surface area (Å²) in [6.07, 6.45) is 2.45. The van der Waals surface area contributed by atoms with Crippen molar-refractivity contribution in [1.29, 1.82) is 0 Å². The molecule has 0 bridgehead atoms. The van der Waals surface area contributed by atoms with Crippen molar-refractivity contribution in [3.8, 4) is 33.8 Å². The Morgan fingerprint density at radius 2 is 0.667 bits per heavy atom. The van der Waals surface area contributed by atoms with Gasteiger partial charge in [-0.25, -0.2) is 15.0 Å². The van der Waals surface area contributed by atoms with E-state index in [0.29, 0.717) is 0 Å². The van der Waals surface area contributed by atoms with Crippen molar-refractivity contribution in [3.05, 3.63) is 156 Å². The van der Waals surface area contributed by atoms with Crippen LogP contribution in [-0.2, 0) is 19.3 Å². The molecule has 4 aromatic carbocycles. The van der Waals surface area contributed by atoms with Gasteiger partial charge in [-0.3, -0.25) is 0 Å². The third kappa shape index (κ3) is 6.32. The second kappa shape index (κ2) is 13.0. The third-order valence-electron chi connectivity index (χ3n) is 8.56.